The molecule has 0 unspecified atom stereocenters. The van der Waals surface area contributed by atoms with Crippen molar-refractivity contribution in [3.63, 3.8) is 0 Å². The molecule has 10 heteroatoms. The second-order valence-corrected chi connectivity index (χ2v) is 23.3. The maximum Gasteiger partial charge on any atom is 0.349 e. The Hall–Kier alpha value is -1.99. The van der Waals surface area contributed by atoms with Crippen LogP contribution in [0.1, 0.15) is 106 Å². The first-order valence-electron chi connectivity index (χ1n) is 19.7. The lowest BCUT2D eigenvalue weighted by atomic mass is 9.77. The Morgan fingerprint density at radius 1 is 0.830 bits per heavy atom. The summed E-state index contributed by atoms with van der Waals surface area (Å²) in [6.07, 6.45) is -1.19. The van der Waals surface area contributed by atoms with Gasteiger partial charge >= 0.3 is 8.56 Å². The SMILES string of the molecule is C[C@H]1CC[C@]2(C)O[C@]3(C)CO[Si](C(C)(C)C)(C(C)(C)C)O[C@H]3C[C@H]2O[C@@H](C[C@H]2O[C@@H](COCc3ccccc3)[C@H](OCc3ccccc3)C[C@@H]2O)C1=O. The van der Waals surface area contributed by atoms with Crippen LogP contribution in [0.4, 0.5) is 0 Å². The Labute approximate surface area is 318 Å². The van der Waals surface area contributed by atoms with E-state index in [1.54, 1.807) is 0 Å². The summed E-state index contributed by atoms with van der Waals surface area (Å²) < 4.78 is 47.3. The number of carbonyl (C=O) groups excluding carboxylic acids is 1. The first-order chi connectivity index (χ1) is 24.9. The molecule has 9 nitrogen and oxygen atoms in total. The zero-order valence-corrected chi connectivity index (χ0v) is 34.5. The topological polar surface area (TPSA) is 102 Å². The zero-order chi connectivity index (χ0) is 38.2. The molecule has 0 radical (unpaired) electrons. The van der Waals surface area contributed by atoms with Gasteiger partial charge in [-0.1, -0.05) is 109 Å². The van der Waals surface area contributed by atoms with Crippen molar-refractivity contribution < 1.29 is 42.4 Å². The Balaban J connectivity index is 1.20. The van der Waals surface area contributed by atoms with Crippen molar-refractivity contribution >= 4 is 14.3 Å². The number of aliphatic hydroxyl groups excluding tert-OH is 1. The number of hydrogen-bond acceptors (Lipinski definition) is 9. The average Bonchev–Trinajstić information content (AvgIpc) is 3.10. The van der Waals surface area contributed by atoms with Gasteiger partial charge in [0, 0.05) is 35.3 Å². The number of hydrogen-bond donors (Lipinski definition) is 1. The molecule has 1 N–H and O–H groups in total. The molecule has 2 aromatic rings. The van der Waals surface area contributed by atoms with E-state index in [4.69, 9.17) is 32.5 Å². The minimum atomic E-state index is -2.79. The minimum absolute atomic E-state index is 0.0384. The van der Waals surface area contributed by atoms with E-state index in [2.05, 4.69) is 55.4 Å². The maximum atomic E-state index is 14.1. The third-order valence-corrected chi connectivity index (χ3v) is 17.2. The summed E-state index contributed by atoms with van der Waals surface area (Å²) in [5.74, 6) is -0.197. The normalized spacial score (nSPS) is 36.5. The molecule has 0 spiro atoms. The summed E-state index contributed by atoms with van der Waals surface area (Å²) in [6.45, 7) is 21.1. The number of rotatable bonds is 9. The van der Waals surface area contributed by atoms with Crippen LogP contribution >= 0.6 is 0 Å². The number of Topliss-reactive ketones (excluding diaryl/α,β-unsaturated/α-hetero) is 1. The van der Waals surface area contributed by atoms with Crippen LogP contribution in [-0.4, -0.2) is 86.6 Å². The van der Waals surface area contributed by atoms with Crippen molar-refractivity contribution in [3.05, 3.63) is 71.8 Å². The third-order valence-electron chi connectivity index (χ3n) is 12.1. The van der Waals surface area contributed by atoms with Gasteiger partial charge in [-0.25, -0.2) is 0 Å². The number of benzene rings is 2. The fourth-order valence-corrected chi connectivity index (χ4v) is 14.3. The van der Waals surface area contributed by atoms with Crippen molar-refractivity contribution in [2.45, 2.75) is 172 Å². The van der Waals surface area contributed by atoms with Gasteiger partial charge in [-0.2, -0.15) is 0 Å². The van der Waals surface area contributed by atoms with Crippen molar-refractivity contribution in [2.75, 3.05) is 13.2 Å². The Kier molecular flexibility index (Phi) is 12.2. The predicted octanol–water partition coefficient (Wildman–Crippen LogP) is 7.85. The number of fused-ring (bicyclic) bond motifs is 2. The van der Waals surface area contributed by atoms with Crippen LogP contribution in [0.2, 0.25) is 10.1 Å². The molecule has 53 heavy (non-hydrogen) atoms. The molecule has 2 aromatic carbocycles. The lowest BCUT2D eigenvalue weighted by molar-refractivity contribution is -0.303. The van der Waals surface area contributed by atoms with Crippen molar-refractivity contribution in [3.8, 4) is 0 Å². The Bertz CT molecular complexity index is 1500. The highest BCUT2D eigenvalue weighted by atomic mass is 28.4. The van der Waals surface area contributed by atoms with Crippen LogP contribution in [0.25, 0.3) is 0 Å². The summed E-state index contributed by atoms with van der Waals surface area (Å²) in [6, 6.07) is 20.0. The van der Waals surface area contributed by atoms with Crippen LogP contribution in [-0.2, 0) is 50.5 Å². The van der Waals surface area contributed by atoms with Crippen molar-refractivity contribution in [1.82, 2.24) is 0 Å². The van der Waals surface area contributed by atoms with Gasteiger partial charge in [0.05, 0.1) is 62.5 Å². The molecule has 0 aromatic heterocycles. The predicted molar refractivity (Wildman–Crippen MR) is 206 cm³/mol. The number of ketones is 1. The molecule has 4 heterocycles. The van der Waals surface area contributed by atoms with Crippen LogP contribution in [0, 0.1) is 5.92 Å². The molecule has 10 atom stereocenters. The quantitative estimate of drug-likeness (QED) is 0.257. The van der Waals surface area contributed by atoms with Crippen LogP contribution in [0.15, 0.2) is 60.7 Å². The fourth-order valence-electron chi connectivity index (χ4n) is 9.19. The lowest BCUT2D eigenvalue weighted by Gasteiger charge is -2.62. The molecular formula is C43H64O9Si. The molecular weight excluding hydrogens is 689 g/mol. The minimum Gasteiger partial charge on any atom is -0.390 e. The summed E-state index contributed by atoms with van der Waals surface area (Å²) >= 11 is 0. The first kappa shape index (κ1) is 40.7. The summed E-state index contributed by atoms with van der Waals surface area (Å²) in [5, 5.41) is 11.2. The average molecular weight is 753 g/mol. The van der Waals surface area contributed by atoms with E-state index >= 15 is 0 Å². The molecule has 4 aliphatic heterocycles. The van der Waals surface area contributed by atoms with E-state index in [1.165, 1.54) is 0 Å². The van der Waals surface area contributed by atoms with Gasteiger partial charge < -0.3 is 37.6 Å². The summed E-state index contributed by atoms with van der Waals surface area (Å²) in [7, 11) is -2.79. The lowest BCUT2D eigenvalue weighted by Crippen LogP contribution is -2.73. The van der Waals surface area contributed by atoms with Crippen molar-refractivity contribution in [1.29, 1.82) is 0 Å². The number of carbonyl (C=O) groups is 1. The highest BCUT2D eigenvalue weighted by Gasteiger charge is 2.67. The molecule has 0 aliphatic carbocycles. The van der Waals surface area contributed by atoms with Gasteiger partial charge in [0.25, 0.3) is 0 Å². The van der Waals surface area contributed by atoms with E-state index in [0.717, 1.165) is 11.1 Å². The Morgan fingerprint density at radius 2 is 1.45 bits per heavy atom. The van der Waals surface area contributed by atoms with E-state index < -0.39 is 50.3 Å². The van der Waals surface area contributed by atoms with Crippen LogP contribution in [0.3, 0.4) is 0 Å². The maximum absolute atomic E-state index is 14.1. The second kappa shape index (κ2) is 15.9. The molecule has 294 valence electrons. The highest BCUT2D eigenvalue weighted by Crippen LogP contribution is 2.57. The van der Waals surface area contributed by atoms with Gasteiger partial charge in [-0.05, 0) is 37.8 Å². The van der Waals surface area contributed by atoms with Gasteiger partial charge in [-0.3, -0.25) is 4.79 Å². The van der Waals surface area contributed by atoms with E-state index in [9.17, 15) is 9.90 Å². The number of aliphatic hydroxyl groups is 1. The molecule has 6 rings (SSSR count). The first-order valence-corrected chi connectivity index (χ1v) is 21.6. The highest BCUT2D eigenvalue weighted by molar-refractivity contribution is 6.73. The van der Waals surface area contributed by atoms with Gasteiger partial charge in [0.2, 0.25) is 0 Å². The van der Waals surface area contributed by atoms with Crippen LogP contribution in [0.5, 0.6) is 0 Å². The smallest absolute Gasteiger partial charge is 0.349 e. The molecule has 4 aliphatic rings. The monoisotopic (exact) mass is 752 g/mol. The van der Waals surface area contributed by atoms with Crippen LogP contribution < -0.4 is 0 Å². The summed E-state index contributed by atoms with van der Waals surface area (Å²) in [4.78, 5) is 14.1. The molecule has 0 amide bonds. The van der Waals surface area contributed by atoms with E-state index in [0.29, 0.717) is 45.5 Å². The molecule has 0 bridgehead atoms. The Morgan fingerprint density at radius 3 is 2.08 bits per heavy atom. The van der Waals surface area contributed by atoms with E-state index in [-0.39, 0.29) is 47.0 Å². The zero-order valence-electron chi connectivity index (χ0n) is 33.5. The van der Waals surface area contributed by atoms with E-state index in [1.807, 2.05) is 67.6 Å². The largest absolute Gasteiger partial charge is 0.390 e. The van der Waals surface area contributed by atoms with Gasteiger partial charge in [0.15, 0.2) is 5.78 Å². The molecule has 0 saturated carbocycles. The fraction of sp³-hybridized carbons (Fsp3) is 0.698. The van der Waals surface area contributed by atoms with Crippen molar-refractivity contribution in [2.24, 2.45) is 5.92 Å². The molecule has 4 saturated heterocycles. The number of ether oxygens (including phenoxy) is 5. The summed E-state index contributed by atoms with van der Waals surface area (Å²) in [5.41, 5.74) is 0.819. The van der Waals surface area contributed by atoms with Gasteiger partial charge in [0.1, 0.15) is 17.8 Å². The standard InChI is InChI=1S/C43H64O9Si/c1-29-20-21-42(8)37(24-38-43(9,52-42)28-48-53(51-38,40(2,3)4)41(5,6)7)50-35(39(29)45)23-33-32(44)22-34(47-26-31-18-14-11-15-19-31)36(49-33)27-46-25-30-16-12-10-13-17-30/h10-19,29,32-38,44H,20-28H2,1-9H3/t29-,32-,33+,34+,35-,36-,37+,38-,42-,43+/m0/s1. The van der Waals surface area contributed by atoms with Gasteiger partial charge in [-0.15, -0.1) is 0 Å². The molecule has 4 fully saturated rings. The third kappa shape index (κ3) is 8.71. The second-order valence-electron chi connectivity index (χ2n) is 18.5.